The van der Waals surface area contributed by atoms with Crippen LogP contribution >= 0.6 is 15.9 Å². The second-order valence-corrected chi connectivity index (χ2v) is 17.7. The fraction of sp³-hybridized carbons (Fsp3) is 0.486. The predicted molar refractivity (Wildman–Crippen MR) is 204 cm³/mol. The van der Waals surface area contributed by atoms with Gasteiger partial charge in [0.2, 0.25) is 15.6 Å². The van der Waals surface area contributed by atoms with E-state index in [1.807, 2.05) is 52.0 Å². The second-order valence-electron chi connectivity index (χ2n) is 13.3. The summed E-state index contributed by atoms with van der Waals surface area (Å²) in [7, 11) is -5.09. The lowest BCUT2D eigenvalue weighted by molar-refractivity contribution is -0.562. The van der Waals surface area contributed by atoms with Crippen LogP contribution in [0.1, 0.15) is 40.2 Å². The van der Waals surface area contributed by atoms with E-state index >= 15 is 0 Å². The summed E-state index contributed by atoms with van der Waals surface area (Å²) < 4.78 is 60.6. The van der Waals surface area contributed by atoms with Gasteiger partial charge >= 0.3 is 0 Å². The number of para-hydroxylation sites is 3. The summed E-state index contributed by atoms with van der Waals surface area (Å²) in [5.41, 5.74) is -0.0663. The Hall–Kier alpha value is -3.28. The maximum atomic E-state index is 12.0. The van der Waals surface area contributed by atoms with Crippen LogP contribution in [0.3, 0.4) is 0 Å². The van der Waals surface area contributed by atoms with Crippen molar-refractivity contribution in [2.75, 3.05) is 64.1 Å². The summed E-state index contributed by atoms with van der Waals surface area (Å²) >= 11 is 3.15. The molecule has 0 bridgehead atoms. The Kier molecular flexibility index (Phi) is 16.3. The second kappa shape index (κ2) is 19.0. The van der Waals surface area contributed by atoms with Crippen molar-refractivity contribution in [2.24, 2.45) is 0 Å². The predicted octanol–water partition coefficient (Wildman–Crippen LogP) is 5.79. The summed E-state index contributed by atoms with van der Waals surface area (Å²) in [6, 6.07) is 21.1. The molecule has 1 saturated heterocycles. The van der Waals surface area contributed by atoms with E-state index in [-0.39, 0.29) is 10.6 Å². The van der Waals surface area contributed by atoms with Gasteiger partial charge in [0, 0.05) is 51.5 Å². The number of hydrogen-bond acceptors (Lipinski definition) is 11. The number of hydrogen-bond donors (Lipinski definition) is 1. The fourth-order valence-electron chi connectivity index (χ4n) is 4.82. The van der Waals surface area contributed by atoms with Gasteiger partial charge in [-0.05, 0) is 80.1 Å². The van der Waals surface area contributed by atoms with Gasteiger partial charge in [-0.2, -0.15) is 12.7 Å². The van der Waals surface area contributed by atoms with Gasteiger partial charge in [0.15, 0.2) is 0 Å². The lowest BCUT2D eigenvalue weighted by Crippen LogP contribution is -2.50. The number of sulfonamides is 1. The Morgan fingerprint density at radius 1 is 0.902 bits per heavy atom. The van der Waals surface area contributed by atoms with E-state index < -0.39 is 42.7 Å². The molecule has 1 heterocycles. The van der Waals surface area contributed by atoms with Crippen LogP contribution in [0.4, 0.5) is 5.69 Å². The highest BCUT2D eigenvalue weighted by Gasteiger charge is 2.35. The molecule has 51 heavy (non-hydrogen) atoms. The van der Waals surface area contributed by atoms with Gasteiger partial charge in [-0.25, -0.2) is 8.42 Å². The Balaban J connectivity index is 0.000000300. The number of likely N-dealkylation sites (N-methyl/N-ethyl adjacent to an activating group) is 2. The zero-order valence-corrected chi connectivity index (χ0v) is 33.8. The molecule has 0 saturated carbocycles. The Morgan fingerprint density at radius 2 is 1.45 bits per heavy atom. The number of phenols is 1. The molecule has 4 rings (SSSR count). The molecule has 0 spiro atoms. The van der Waals surface area contributed by atoms with Crippen molar-refractivity contribution in [2.45, 2.75) is 57.5 Å². The van der Waals surface area contributed by atoms with Gasteiger partial charge in [0.05, 0.1) is 26.9 Å². The van der Waals surface area contributed by atoms with E-state index in [4.69, 9.17) is 14.0 Å². The number of phenolic OH excluding ortho intramolecular Hbond substituents is 1. The maximum absolute atomic E-state index is 12.0. The van der Waals surface area contributed by atoms with E-state index in [2.05, 4.69) is 38.8 Å². The molecule has 1 aliphatic rings. The van der Waals surface area contributed by atoms with E-state index in [1.54, 1.807) is 30.3 Å². The number of halogens is 1. The van der Waals surface area contributed by atoms with Crippen LogP contribution in [-0.4, -0.2) is 106 Å². The molecule has 1 aliphatic heterocycles. The highest BCUT2D eigenvalue weighted by atomic mass is 79.9. The van der Waals surface area contributed by atoms with Crippen molar-refractivity contribution in [1.82, 2.24) is 9.21 Å². The third-order valence-corrected chi connectivity index (χ3v) is 11.4. The van der Waals surface area contributed by atoms with E-state index in [0.717, 1.165) is 47.7 Å². The molecule has 1 fully saturated rings. The minimum Gasteiger partial charge on any atom is -0.507 e. The third kappa shape index (κ3) is 14.0. The van der Waals surface area contributed by atoms with Gasteiger partial charge in [0.25, 0.3) is 10.1 Å². The minimum atomic E-state index is -3.95. The van der Waals surface area contributed by atoms with Crippen LogP contribution in [0.2, 0.25) is 0 Å². The molecule has 0 radical (unpaired) electrons. The maximum Gasteiger partial charge on any atom is 0.297 e. The van der Waals surface area contributed by atoms with Crippen molar-refractivity contribution < 1.29 is 35.8 Å². The Morgan fingerprint density at radius 3 is 1.94 bits per heavy atom. The minimum absolute atomic E-state index is 0.00718. The molecule has 0 atom stereocenters. The highest BCUT2D eigenvalue weighted by molar-refractivity contribution is 9.10. The van der Waals surface area contributed by atoms with Crippen LogP contribution in [0.25, 0.3) is 0 Å². The van der Waals surface area contributed by atoms with Crippen molar-refractivity contribution in [3.05, 3.63) is 92.9 Å². The number of rotatable bonds is 12. The number of piperazine rings is 1. The number of aryl methyl sites for hydroxylation is 1. The first-order valence-electron chi connectivity index (χ1n) is 16.3. The van der Waals surface area contributed by atoms with Gasteiger partial charge < -0.3 is 19.6 Å². The highest BCUT2D eigenvalue weighted by Crippen LogP contribution is 2.30. The van der Waals surface area contributed by atoms with Crippen molar-refractivity contribution in [3.63, 3.8) is 0 Å². The molecule has 0 aromatic heterocycles. The lowest BCUT2D eigenvalue weighted by atomic mass is 10.1. The third-order valence-electron chi connectivity index (χ3n) is 7.88. The van der Waals surface area contributed by atoms with Gasteiger partial charge in [-0.1, -0.05) is 48.9 Å². The largest absolute Gasteiger partial charge is 0.507 e. The molecule has 3 aromatic carbocycles. The zero-order valence-electron chi connectivity index (χ0n) is 30.6. The van der Waals surface area contributed by atoms with Gasteiger partial charge in [-0.15, -0.1) is 0 Å². The van der Waals surface area contributed by atoms with Crippen LogP contribution in [0.5, 0.6) is 11.5 Å². The molecular formula is C35H51BrN4O9S2. The molecule has 3 aromatic rings. The number of ether oxygens (including phenoxy) is 1. The summed E-state index contributed by atoms with van der Waals surface area (Å²) in [5, 5.41) is 19.5. The Bertz CT molecular complexity index is 1760. The first-order valence-corrected chi connectivity index (χ1v) is 20.3. The smallest absolute Gasteiger partial charge is 0.297 e. The van der Waals surface area contributed by atoms with Crippen LogP contribution in [0, 0.1) is 17.0 Å². The van der Waals surface area contributed by atoms with E-state index in [9.17, 15) is 26.9 Å². The lowest BCUT2D eigenvalue weighted by Gasteiger charge is -2.37. The first-order chi connectivity index (χ1) is 23.6. The summed E-state index contributed by atoms with van der Waals surface area (Å²) in [6.07, 6.45) is 1.25. The first kappa shape index (κ1) is 43.9. The molecular weight excluding hydrogens is 764 g/mol. The number of nitro groups is 1. The van der Waals surface area contributed by atoms with E-state index in [1.165, 1.54) is 36.5 Å². The van der Waals surface area contributed by atoms with E-state index in [0.29, 0.717) is 13.2 Å². The molecule has 0 amide bonds. The molecule has 0 unspecified atom stereocenters. The van der Waals surface area contributed by atoms with Gasteiger partial charge in [-0.3, -0.25) is 14.3 Å². The van der Waals surface area contributed by atoms with Crippen LogP contribution in [-0.2, 0) is 24.3 Å². The average molecular weight is 816 g/mol. The average Bonchev–Trinajstić information content (AvgIpc) is 3.05. The quantitative estimate of drug-likeness (QED) is 0.134. The standard InChI is InChI=1S/C18H31N3O3S.C11H15NO5S.C6H5BrO/c1-6-21(25(5,22)23)18(2,3)15-24-17-10-8-7-9-16(17)20-13-11-19(4)12-14-20;1-9-4-6-10(7-5-9)18(15,16)17-8-11(2,3)12(13)14;7-5-3-1-2-4-6(5)8/h7-10H,6,11-15H2,1-5H3;4-7H,8H2,1-3H3;1-4,8H. The van der Waals surface area contributed by atoms with Crippen molar-refractivity contribution >= 4 is 41.8 Å². The van der Waals surface area contributed by atoms with Crippen molar-refractivity contribution in [3.8, 4) is 11.5 Å². The number of aromatic hydroxyl groups is 1. The topological polar surface area (TPSA) is 160 Å². The number of anilines is 1. The summed E-state index contributed by atoms with van der Waals surface area (Å²) in [6.45, 7) is 14.3. The van der Waals surface area contributed by atoms with Crippen molar-refractivity contribution in [1.29, 1.82) is 0 Å². The molecule has 16 heteroatoms. The monoisotopic (exact) mass is 814 g/mol. The summed E-state index contributed by atoms with van der Waals surface area (Å²) in [5.74, 6) is 1.09. The molecule has 284 valence electrons. The van der Waals surface area contributed by atoms with Crippen LogP contribution in [0.15, 0.2) is 82.2 Å². The molecule has 13 nitrogen and oxygen atoms in total. The normalized spacial score (nSPS) is 14.2. The fourth-order valence-corrected chi connectivity index (χ4v) is 7.58. The Labute approximate surface area is 311 Å². The zero-order chi connectivity index (χ0) is 38.6. The molecule has 1 N–H and O–H groups in total. The number of nitrogens with zero attached hydrogens (tertiary/aromatic N) is 4. The van der Waals surface area contributed by atoms with Crippen LogP contribution < -0.4 is 9.64 Å². The SMILES string of the molecule is CCN(C(C)(C)COc1ccccc1N1CCN(C)CC1)S(C)(=O)=O.Cc1ccc(S(=O)(=O)OCC(C)(C)[N+](=O)[O-])cc1.Oc1ccccc1Br. The summed E-state index contributed by atoms with van der Waals surface area (Å²) in [4.78, 5) is 14.7. The molecule has 0 aliphatic carbocycles. The number of benzene rings is 3. The van der Waals surface area contributed by atoms with Gasteiger partial charge in [0.1, 0.15) is 24.7 Å².